The molecule has 2 aromatic rings. The Balaban J connectivity index is 0.00000320. The van der Waals surface area contributed by atoms with E-state index < -0.39 is 0 Å². The number of halogens is 1. The van der Waals surface area contributed by atoms with Crippen molar-refractivity contribution < 1.29 is 14.3 Å². The van der Waals surface area contributed by atoms with Gasteiger partial charge in [-0.15, -0.1) is 35.3 Å². The number of fused-ring (bicyclic) bond motifs is 1. The maximum atomic E-state index is 12.5. The summed E-state index contributed by atoms with van der Waals surface area (Å²) >= 11 is 1.77. The van der Waals surface area contributed by atoms with E-state index in [4.69, 9.17) is 9.47 Å². The quantitative estimate of drug-likeness (QED) is 0.232. The molecule has 2 heterocycles. The number of methoxy groups -OCH3 is 1. The van der Waals surface area contributed by atoms with Gasteiger partial charge in [0.1, 0.15) is 24.7 Å². The van der Waals surface area contributed by atoms with Gasteiger partial charge in [0.2, 0.25) is 5.91 Å². The normalized spacial score (nSPS) is 13.1. The van der Waals surface area contributed by atoms with Crippen LogP contribution in [0, 0.1) is 0 Å². The van der Waals surface area contributed by atoms with Crippen molar-refractivity contribution in [2.24, 2.45) is 4.99 Å². The minimum absolute atomic E-state index is 0. The molecule has 1 amide bonds. The van der Waals surface area contributed by atoms with Crippen LogP contribution in [0.5, 0.6) is 11.5 Å². The molecule has 0 aliphatic carbocycles. The van der Waals surface area contributed by atoms with Gasteiger partial charge in [-0.05, 0) is 54.6 Å². The zero-order valence-electron chi connectivity index (χ0n) is 17.3. The molecule has 0 radical (unpaired) electrons. The number of amides is 1. The van der Waals surface area contributed by atoms with Gasteiger partial charge in [-0.25, -0.2) is 4.99 Å². The molecule has 9 heteroatoms. The highest BCUT2D eigenvalue weighted by Crippen LogP contribution is 2.23. The third-order valence-electron chi connectivity index (χ3n) is 4.60. The van der Waals surface area contributed by atoms with Crippen LogP contribution < -0.4 is 20.1 Å². The first-order valence-electron chi connectivity index (χ1n) is 9.81. The lowest BCUT2D eigenvalue weighted by Gasteiger charge is -2.26. The van der Waals surface area contributed by atoms with Gasteiger partial charge in [0.25, 0.3) is 0 Å². The number of ether oxygens (including phenoxy) is 2. The largest absolute Gasteiger partial charge is 0.497 e. The molecule has 0 bridgehead atoms. The van der Waals surface area contributed by atoms with E-state index in [9.17, 15) is 4.79 Å². The van der Waals surface area contributed by atoms with E-state index in [1.165, 1.54) is 10.4 Å². The molecule has 0 saturated carbocycles. The van der Waals surface area contributed by atoms with Crippen LogP contribution in [0.15, 0.2) is 40.7 Å². The van der Waals surface area contributed by atoms with Crippen LogP contribution in [0.1, 0.15) is 17.4 Å². The van der Waals surface area contributed by atoms with Gasteiger partial charge in [0.15, 0.2) is 5.96 Å². The second-order valence-corrected chi connectivity index (χ2v) is 7.58. The number of carbonyl (C=O) groups is 1. The summed E-state index contributed by atoms with van der Waals surface area (Å²) in [7, 11) is 1.64. The maximum absolute atomic E-state index is 12.5. The molecule has 0 fully saturated rings. The first-order valence-corrected chi connectivity index (χ1v) is 10.7. The highest BCUT2D eigenvalue weighted by Gasteiger charge is 2.21. The molecule has 0 spiro atoms. The van der Waals surface area contributed by atoms with Crippen LogP contribution in [0.4, 0.5) is 0 Å². The number of carbonyl (C=O) groups excluding carboxylic acids is 1. The van der Waals surface area contributed by atoms with Gasteiger partial charge in [-0.1, -0.05) is 0 Å². The molecular weight excluding hydrogens is 515 g/mol. The predicted molar refractivity (Wildman–Crippen MR) is 131 cm³/mol. The minimum Gasteiger partial charge on any atom is -0.497 e. The van der Waals surface area contributed by atoms with Gasteiger partial charge in [-0.3, -0.25) is 4.79 Å². The highest BCUT2D eigenvalue weighted by molar-refractivity contribution is 14.0. The summed E-state index contributed by atoms with van der Waals surface area (Å²) in [5, 5.41) is 8.46. The van der Waals surface area contributed by atoms with Crippen molar-refractivity contribution in [1.82, 2.24) is 15.5 Å². The average Bonchev–Trinajstić information content (AvgIpc) is 3.23. The van der Waals surface area contributed by atoms with Crippen LogP contribution >= 0.6 is 35.3 Å². The Morgan fingerprint density at radius 1 is 1.20 bits per heavy atom. The third-order valence-corrected chi connectivity index (χ3v) is 5.62. The molecule has 1 aliphatic heterocycles. The molecular formula is C21H29IN4O3S. The monoisotopic (exact) mass is 544 g/mol. The Morgan fingerprint density at radius 2 is 1.97 bits per heavy atom. The fourth-order valence-electron chi connectivity index (χ4n) is 3.06. The van der Waals surface area contributed by atoms with Crippen LogP contribution in [-0.2, 0) is 17.8 Å². The lowest BCUT2D eigenvalue weighted by molar-refractivity contribution is -0.130. The van der Waals surface area contributed by atoms with E-state index in [0.29, 0.717) is 25.7 Å². The minimum atomic E-state index is 0. The summed E-state index contributed by atoms with van der Waals surface area (Å²) in [5.41, 5.74) is 1.26. The van der Waals surface area contributed by atoms with Crippen molar-refractivity contribution in [2.75, 3.05) is 39.9 Å². The molecule has 164 valence electrons. The lowest BCUT2D eigenvalue weighted by Crippen LogP contribution is -2.41. The number of rotatable bonds is 8. The van der Waals surface area contributed by atoms with Gasteiger partial charge < -0.3 is 25.0 Å². The van der Waals surface area contributed by atoms with E-state index in [2.05, 4.69) is 27.1 Å². The SMILES string of the molecule is CCNC(=NCC(=O)N1CCc2sccc2C1)NCCOc1ccc(OC)cc1.I. The first kappa shape index (κ1) is 24.3. The Bertz CT molecular complexity index is 826. The number of hydrogen-bond acceptors (Lipinski definition) is 5. The van der Waals surface area contributed by atoms with E-state index in [0.717, 1.165) is 31.0 Å². The predicted octanol–water partition coefficient (Wildman–Crippen LogP) is 2.89. The molecule has 0 unspecified atom stereocenters. The van der Waals surface area contributed by atoms with Gasteiger partial charge in [0, 0.05) is 24.5 Å². The van der Waals surface area contributed by atoms with Gasteiger partial charge in [0.05, 0.1) is 13.7 Å². The molecule has 3 rings (SSSR count). The number of guanidine groups is 1. The standard InChI is InChI=1S/C21H28N4O3S.HI/c1-3-22-21(23-10-12-28-18-6-4-17(27-2)5-7-18)24-14-20(26)25-11-8-19-16(15-25)9-13-29-19;/h4-7,9,13H,3,8,10-12,14-15H2,1-2H3,(H2,22,23,24);1H. The van der Waals surface area contributed by atoms with Crippen molar-refractivity contribution in [3.8, 4) is 11.5 Å². The maximum Gasteiger partial charge on any atom is 0.244 e. The van der Waals surface area contributed by atoms with Gasteiger partial charge >= 0.3 is 0 Å². The van der Waals surface area contributed by atoms with E-state index in [1.54, 1.807) is 18.4 Å². The van der Waals surface area contributed by atoms with Crippen molar-refractivity contribution in [2.45, 2.75) is 19.9 Å². The van der Waals surface area contributed by atoms with Gasteiger partial charge in [-0.2, -0.15) is 0 Å². The van der Waals surface area contributed by atoms with Crippen LogP contribution in [0.3, 0.4) is 0 Å². The van der Waals surface area contributed by atoms with Crippen molar-refractivity contribution in [3.05, 3.63) is 46.2 Å². The topological polar surface area (TPSA) is 75.2 Å². The van der Waals surface area contributed by atoms with E-state index in [-0.39, 0.29) is 36.4 Å². The van der Waals surface area contributed by atoms with E-state index in [1.807, 2.05) is 36.1 Å². The fourth-order valence-corrected chi connectivity index (χ4v) is 3.95. The third kappa shape index (κ3) is 7.05. The zero-order chi connectivity index (χ0) is 20.5. The Labute approximate surface area is 198 Å². The second-order valence-electron chi connectivity index (χ2n) is 6.58. The summed E-state index contributed by atoms with van der Waals surface area (Å²) < 4.78 is 10.8. The van der Waals surface area contributed by atoms with Crippen LogP contribution in [0.2, 0.25) is 0 Å². The Morgan fingerprint density at radius 3 is 2.70 bits per heavy atom. The van der Waals surface area contributed by atoms with E-state index >= 15 is 0 Å². The molecule has 1 aromatic heterocycles. The summed E-state index contributed by atoms with van der Waals surface area (Å²) in [6, 6.07) is 9.57. The molecule has 1 aliphatic rings. The molecule has 30 heavy (non-hydrogen) atoms. The zero-order valence-corrected chi connectivity index (χ0v) is 20.5. The van der Waals surface area contributed by atoms with Crippen molar-refractivity contribution in [1.29, 1.82) is 0 Å². The fraction of sp³-hybridized carbons (Fsp3) is 0.429. The number of aliphatic imine (C=N–C) groups is 1. The summed E-state index contributed by atoms with van der Waals surface area (Å²) in [6.45, 7) is 5.37. The smallest absolute Gasteiger partial charge is 0.244 e. The lowest BCUT2D eigenvalue weighted by atomic mass is 10.1. The molecule has 0 saturated heterocycles. The number of nitrogens with one attached hydrogen (secondary N) is 2. The summed E-state index contributed by atoms with van der Waals surface area (Å²) in [6.07, 6.45) is 0.934. The Kier molecular flexibility index (Phi) is 10.2. The average molecular weight is 544 g/mol. The van der Waals surface area contributed by atoms with Crippen molar-refractivity contribution in [3.63, 3.8) is 0 Å². The number of benzene rings is 1. The van der Waals surface area contributed by atoms with Crippen LogP contribution in [0.25, 0.3) is 0 Å². The summed E-state index contributed by atoms with van der Waals surface area (Å²) in [5.74, 6) is 2.24. The van der Waals surface area contributed by atoms with Crippen molar-refractivity contribution >= 4 is 47.2 Å². The number of hydrogen-bond donors (Lipinski definition) is 2. The number of thiophene rings is 1. The highest BCUT2D eigenvalue weighted by atomic mass is 127. The number of nitrogens with zero attached hydrogens (tertiary/aromatic N) is 2. The van der Waals surface area contributed by atoms with Crippen LogP contribution in [-0.4, -0.2) is 56.7 Å². The summed E-state index contributed by atoms with van der Waals surface area (Å²) in [4.78, 5) is 20.2. The first-order chi connectivity index (χ1) is 14.2. The second kappa shape index (κ2) is 12.6. The Hall–Kier alpha value is -2.01. The molecule has 7 nitrogen and oxygen atoms in total. The molecule has 2 N–H and O–H groups in total. The molecule has 0 atom stereocenters. The molecule has 1 aromatic carbocycles.